The first-order valence-corrected chi connectivity index (χ1v) is 7.92. The van der Waals surface area contributed by atoms with Crippen LogP contribution in [-0.4, -0.2) is 34.2 Å². The molecule has 1 aromatic carbocycles. The Labute approximate surface area is 122 Å². The molecule has 4 nitrogen and oxygen atoms in total. The van der Waals surface area contributed by atoms with E-state index in [2.05, 4.69) is 10.3 Å². The monoisotopic (exact) mass is 292 g/mol. The number of H-pyrrole nitrogens is 1. The molecule has 0 aliphatic carbocycles. The zero-order valence-electron chi connectivity index (χ0n) is 11.7. The molecule has 0 radical (unpaired) electrons. The van der Waals surface area contributed by atoms with E-state index in [9.17, 15) is 9.90 Å². The predicted molar refractivity (Wildman–Crippen MR) is 85.3 cm³/mol. The number of rotatable bonds is 6. The van der Waals surface area contributed by atoms with Crippen molar-refractivity contribution in [3.05, 3.63) is 46.2 Å². The van der Waals surface area contributed by atoms with Crippen molar-refractivity contribution in [2.45, 2.75) is 24.8 Å². The Hall–Kier alpha value is -1.30. The van der Waals surface area contributed by atoms with Gasteiger partial charge in [0.2, 0.25) is 0 Å². The maximum Gasteiger partial charge on any atom is 0.252 e. The average molecular weight is 292 g/mol. The number of hydrogen-bond donors (Lipinski definition) is 3. The van der Waals surface area contributed by atoms with Crippen molar-refractivity contribution in [1.82, 2.24) is 10.3 Å². The first-order chi connectivity index (χ1) is 9.65. The van der Waals surface area contributed by atoms with Crippen LogP contribution < -0.4 is 10.9 Å². The molecule has 0 fully saturated rings. The Morgan fingerprint density at radius 2 is 2.15 bits per heavy atom. The highest BCUT2D eigenvalue weighted by atomic mass is 32.2. The molecule has 0 saturated carbocycles. The molecule has 0 bridgehead atoms. The van der Waals surface area contributed by atoms with Crippen molar-refractivity contribution in [1.29, 1.82) is 0 Å². The summed E-state index contributed by atoms with van der Waals surface area (Å²) < 4.78 is 0. The van der Waals surface area contributed by atoms with Gasteiger partial charge in [-0.25, -0.2) is 0 Å². The Morgan fingerprint density at radius 3 is 2.85 bits per heavy atom. The first kappa shape index (κ1) is 15.1. The summed E-state index contributed by atoms with van der Waals surface area (Å²) in [6.07, 6.45) is 1.97. The molecule has 2 unspecified atom stereocenters. The van der Waals surface area contributed by atoms with Crippen LogP contribution in [0.2, 0.25) is 0 Å². The first-order valence-electron chi connectivity index (χ1n) is 6.63. The topological polar surface area (TPSA) is 65.1 Å². The number of fused-ring (bicyclic) bond motifs is 1. The Balaban J connectivity index is 2.13. The maximum absolute atomic E-state index is 12.0. The van der Waals surface area contributed by atoms with Crippen LogP contribution >= 0.6 is 11.8 Å². The summed E-state index contributed by atoms with van der Waals surface area (Å²) in [5, 5.41) is 13.7. The smallest absolute Gasteiger partial charge is 0.252 e. The van der Waals surface area contributed by atoms with E-state index >= 15 is 0 Å². The normalized spacial score (nSPS) is 14.3. The zero-order chi connectivity index (χ0) is 14.5. The molecule has 2 rings (SSSR count). The minimum absolute atomic E-state index is 0.0619. The van der Waals surface area contributed by atoms with E-state index < -0.39 is 0 Å². The van der Waals surface area contributed by atoms with Crippen LogP contribution in [0, 0.1) is 0 Å². The Bertz CT molecular complexity index is 623. The van der Waals surface area contributed by atoms with Crippen molar-refractivity contribution >= 4 is 22.7 Å². The molecule has 1 aromatic heterocycles. The van der Waals surface area contributed by atoms with Gasteiger partial charge in [-0.3, -0.25) is 4.79 Å². The zero-order valence-corrected chi connectivity index (χ0v) is 12.5. The largest absolute Gasteiger partial charge is 0.395 e. The van der Waals surface area contributed by atoms with Gasteiger partial charge in [-0.15, -0.1) is 0 Å². The minimum Gasteiger partial charge on any atom is -0.395 e. The van der Waals surface area contributed by atoms with E-state index in [0.29, 0.717) is 12.1 Å². The number of benzene rings is 1. The second-order valence-electron chi connectivity index (χ2n) is 4.84. The van der Waals surface area contributed by atoms with E-state index in [-0.39, 0.29) is 23.5 Å². The van der Waals surface area contributed by atoms with Gasteiger partial charge in [0.05, 0.1) is 6.61 Å². The quantitative estimate of drug-likeness (QED) is 0.758. The summed E-state index contributed by atoms with van der Waals surface area (Å²) in [5.41, 5.74) is 1.51. The number of para-hydroxylation sites is 1. The molecule has 0 aliphatic rings. The Kier molecular flexibility index (Phi) is 5.23. The molecule has 2 aromatic rings. The van der Waals surface area contributed by atoms with Gasteiger partial charge in [-0.05, 0) is 30.7 Å². The molecule has 20 heavy (non-hydrogen) atoms. The van der Waals surface area contributed by atoms with Crippen LogP contribution in [0.15, 0.2) is 35.1 Å². The fourth-order valence-corrected chi connectivity index (χ4v) is 2.82. The van der Waals surface area contributed by atoms with E-state index in [1.54, 1.807) is 11.8 Å². The second-order valence-corrected chi connectivity index (χ2v) is 5.91. The highest BCUT2D eigenvalue weighted by molar-refractivity contribution is 7.99. The third kappa shape index (κ3) is 3.42. The highest BCUT2D eigenvalue weighted by Gasteiger charge is 2.15. The van der Waals surface area contributed by atoms with Crippen LogP contribution in [0.5, 0.6) is 0 Å². The minimum atomic E-state index is -0.0619. The molecule has 0 aliphatic heterocycles. The maximum atomic E-state index is 12.0. The summed E-state index contributed by atoms with van der Waals surface area (Å²) >= 11 is 1.62. The number of thioether (sulfide) groups is 1. The van der Waals surface area contributed by atoms with Crippen molar-refractivity contribution < 1.29 is 5.11 Å². The van der Waals surface area contributed by atoms with Crippen LogP contribution in [0.4, 0.5) is 0 Å². The summed E-state index contributed by atoms with van der Waals surface area (Å²) in [4.78, 5) is 14.9. The van der Waals surface area contributed by atoms with Crippen molar-refractivity contribution in [3.63, 3.8) is 0 Å². The molecule has 1 heterocycles. The number of aliphatic hydroxyl groups excluding tert-OH is 1. The third-order valence-electron chi connectivity index (χ3n) is 3.49. The number of hydrogen-bond acceptors (Lipinski definition) is 4. The summed E-state index contributed by atoms with van der Waals surface area (Å²) in [7, 11) is 0. The molecular formula is C15H20N2O2S. The van der Waals surface area contributed by atoms with Gasteiger partial charge in [0.25, 0.3) is 5.56 Å². The van der Waals surface area contributed by atoms with Crippen molar-refractivity contribution in [2.75, 3.05) is 12.9 Å². The summed E-state index contributed by atoms with van der Waals surface area (Å²) in [5.74, 6) is 0. The van der Waals surface area contributed by atoms with Crippen LogP contribution in [-0.2, 0) is 6.54 Å². The molecular weight excluding hydrogens is 272 g/mol. The molecule has 0 saturated heterocycles. The molecule has 0 amide bonds. The van der Waals surface area contributed by atoms with Crippen LogP contribution in [0.1, 0.15) is 12.5 Å². The molecule has 3 N–H and O–H groups in total. The van der Waals surface area contributed by atoms with E-state index in [1.165, 1.54) is 0 Å². The van der Waals surface area contributed by atoms with Crippen LogP contribution in [0.3, 0.4) is 0 Å². The van der Waals surface area contributed by atoms with Gasteiger partial charge in [-0.2, -0.15) is 11.8 Å². The van der Waals surface area contributed by atoms with E-state index in [0.717, 1.165) is 10.9 Å². The average Bonchev–Trinajstić information content (AvgIpc) is 2.46. The van der Waals surface area contributed by atoms with Gasteiger partial charge in [0, 0.05) is 28.9 Å². The highest BCUT2D eigenvalue weighted by Crippen LogP contribution is 2.12. The SMILES string of the molecule is CSC(CO)C(C)NCc1cc2ccccc2[nH]c1=O. The standard InChI is InChI=1S/C15H20N2O2S/c1-10(14(9-18)20-2)16-8-12-7-11-5-3-4-6-13(11)17-15(12)19/h3-7,10,14,16,18H,8-9H2,1-2H3,(H,17,19). The van der Waals surface area contributed by atoms with Gasteiger partial charge in [0.1, 0.15) is 0 Å². The van der Waals surface area contributed by atoms with Gasteiger partial charge < -0.3 is 15.4 Å². The number of aliphatic hydroxyl groups is 1. The number of aromatic nitrogens is 1. The molecule has 5 heteroatoms. The van der Waals surface area contributed by atoms with Gasteiger partial charge in [-0.1, -0.05) is 18.2 Å². The summed E-state index contributed by atoms with van der Waals surface area (Å²) in [6, 6.07) is 9.79. The number of aromatic amines is 1. The van der Waals surface area contributed by atoms with Gasteiger partial charge >= 0.3 is 0 Å². The lowest BCUT2D eigenvalue weighted by Crippen LogP contribution is -2.38. The molecule has 108 valence electrons. The summed E-state index contributed by atoms with van der Waals surface area (Å²) in [6.45, 7) is 2.65. The van der Waals surface area contributed by atoms with E-state index in [1.807, 2.05) is 43.5 Å². The fourth-order valence-electron chi connectivity index (χ4n) is 2.16. The number of nitrogens with one attached hydrogen (secondary N) is 2. The van der Waals surface area contributed by atoms with Crippen molar-refractivity contribution in [2.24, 2.45) is 0 Å². The lowest BCUT2D eigenvalue weighted by Gasteiger charge is -2.21. The number of pyridine rings is 1. The molecule has 0 spiro atoms. The van der Waals surface area contributed by atoms with Crippen molar-refractivity contribution in [3.8, 4) is 0 Å². The lowest BCUT2D eigenvalue weighted by molar-refractivity contribution is 0.276. The lowest BCUT2D eigenvalue weighted by atomic mass is 10.1. The Morgan fingerprint density at radius 1 is 1.40 bits per heavy atom. The molecule has 2 atom stereocenters. The van der Waals surface area contributed by atoms with Crippen LogP contribution in [0.25, 0.3) is 10.9 Å². The predicted octanol–water partition coefficient (Wildman–Crippen LogP) is 1.73. The van der Waals surface area contributed by atoms with E-state index in [4.69, 9.17) is 0 Å². The third-order valence-corrected chi connectivity index (χ3v) is 4.65. The fraction of sp³-hybridized carbons (Fsp3) is 0.400. The van der Waals surface area contributed by atoms with Gasteiger partial charge in [0.15, 0.2) is 0 Å². The second kappa shape index (κ2) is 6.92.